The predicted octanol–water partition coefficient (Wildman–Crippen LogP) is 1.91. The van der Waals surface area contributed by atoms with Crippen molar-refractivity contribution in [2.45, 2.75) is 19.5 Å². The van der Waals surface area contributed by atoms with Crippen molar-refractivity contribution < 1.29 is 14.6 Å². The topological polar surface area (TPSA) is 58.6 Å². The third-order valence-corrected chi connectivity index (χ3v) is 2.38. The molecule has 0 aromatic heterocycles. The van der Waals surface area contributed by atoms with Gasteiger partial charge in [-0.1, -0.05) is 6.07 Å². The van der Waals surface area contributed by atoms with Crippen molar-refractivity contribution in [1.82, 2.24) is 5.32 Å². The molecular formula is C10H11NO3. The molecule has 2 N–H and O–H groups in total. The summed E-state index contributed by atoms with van der Waals surface area (Å²) in [4.78, 5) is 10.3. The van der Waals surface area contributed by atoms with E-state index in [1.807, 2.05) is 6.07 Å². The molecule has 0 aliphatic carbocycles. The number of nitrogens with one attached hydrogen (secondary N) is 1. The number of fused-ring (bicyclic) bond motifs is 1. The van der Waals surface area contributed by atoms with Gasteiger partial charge in [0.1, 0.15) is 5.75 Å². The zero-order chi connectivity index (χ0) is 10.1. The molecule has 14 heavy (non-hydrogen) atoms. The number of hydrogen-bond acceptors (Lipinski definition) is 3. The van der Waals surface area contributed by atoms with Crippen molar-refractivity contribution in [3.05, 3.63) is 29.3 Å². The standard InChI is InChI=1S/C10H11NO3/c1-6-9-3-2-8(14-10(12)13)4-7(9)5-11-6/h2-4,6,11H,5H2,1H3,(H,12,13). The van der Waals surface area contributed by atoms with Gasteiger partial charge in [0.2, 0.25) is 0 Å². The largest absolute Gasteiger partial charge is 0.511 e. The summed E-state index contributed by atoms with van der Waals surface area (Å²) in [5, 5.41) is 11.7. The van der Waals surface area contributed by atoms with E-state index in [1.165, 1.54) is 5.56 Å². The molecule has 0 saturated heterocycles. The number of carbonyl (C=O) groups is 1. The fourth-order valence-corrected chi connectivity index (χ4v) is 1.69. The number of carboxylic acid groups (broad SMARTS) is 1. The van der Waals surface area contributed by atoms with E-state index in [-0.39, 0.29) is 0 Å². The van der Waals surface area contributed by atoms with Gasteiger partial charge in [-0.05, 0) is 30.2 Å². The highest BCUT2D eigenvalue weighted by Gasteiger charge is 2.18. The maximum absolute atomic E-state index is 10.3. The number of hydrogen-bond donors (Lipinski definition) is 2. The number of ether oxygens (including phenoxy) is 1. The summed E-state index contributed by atoms with van der Waals surface area (Å²) >= 11 is 0. The summed E-state index contributed by atoms with van der Waals surface area (Å²) in [6, 6.07) is 5.68. The Hall–Kier alpha value is -1.55. The van der Waals surface area contributed by atoms with Crippen LogP contribution in [0.25, 0.3) is 0 Å². The van der Waals surface area contributed by atoms with Gasteiger partial charge in [0, 0.05) is 12.6 Å². The smallest absolute Gasteiger partial charge is 0.449 e. The van der Waals surface area contributed by atoms with E-state index in [4.69, 9.17) is 5.11 Å². The Bertz CT molecular complexity index is 376. The van der Waals surface area contributed by atoms with Crippen LogP contribution in [0.2, 0.25) is 0 Å². The van der Waals surface area contributed by atoms with Crippen molar-refractivity contribution in [1.29, 1.82) is 0 Å². The Balaban J connectivity index is 2.28. The van der Waals surface area contributed by atoms with Crippen LogP contribution in [0.1, 0.15) is 24.1 Å². The molecule has 0 bridgehead atoms. The molecule has 1 aromatic carbocycles. The van der Waals surface area contributed by atoms with Crippen molar-refractivity contribution in [2.75, 3.05) is 0 Å². The van der Waals surface area contributed by atoms with E-state index in [0.29, 0.717) is 11.8 Å². The molecule has 0 fully saturated rings. The lowest BCUT2D eigenvalue weighted by Gasteiger charge is -2.05. The first kappa shape index (κ1) is 9.02. The van der Waals surface area contributed by atoms with Gasteiger partial charge in [-0.25, -0.2) is 4.79 Å². The second-order valence-electron chi connectivity index (χ2n) is 3.33. The lowest BCUT2D eigenvalue weighted by molar-refractivity contribution is 0.144. The molecule has 1 aliphatic rings. The van der Waals surface area contributed by atoms with Gasteiger partial charge in [0.05, 0.1) is 0 Å². The maximum Gasteiger partial charge on any atom is 0.511 e. The lowest BCUT2D eigenvalue weighted by Crippen LogP contribution is -2.06. The quantitative estimate of drug-likeness (QED) is 0.528. The van der Waals surface area contributed by atoms with Crippen LogP contribution in [-0.2, 0) is 6.54 Å². The molecule has 1 atom stereocenters. The number of rotatable bonds is 1. The monoisotopic (exact) mass is 193 g/mol. The summed E-state index contributed by atoms with van der Waals surface area (Å²) in [6.07, 6.45) is -1.27. The first-order chi connectivity index (χ1) is 6.66. The summed E-state index contributed by atoms with van der Waals surface area (Å²) in [5.41, 5.74) is 2.32. The van der Waals surface area contributed by atoms with Gasteiger partial charge in [-0.2, -0.15) is 0 Å². The summed E-state index contributed by atoms with van der Waals surface area (Å²) < 4.78 is 4.56. The summed E-state index contributed by atoms with van der Waals surface area (Å²) in [5.74, 6) is 0.382. The molecule has 0 radical (unpaired) electrons. The lowest BCUT2D eigenvalue weighted by atomic mass is 10.1. The number of benzene rings is 1. The van der Waals surface area contributed by atoms with Gasteiger partial charge in [0.15, 0.2) is 0 Å². The predicted molar refractivity (Wildman–Crippen MR) is 50.3 cm³/mol. The van der Waals surface area contributed by atoms with Crippen LogP contribution in [-0.4, -0.2) is 11.3 Å². The maximum atomic E-state index is 10.3. The normalized spacial score (nSPS) is 19.1. The van der Waals surface area contributed by atoms with Gasteiger partial charge in [0.25, 0.3) is 0 Å². The molecule has 74 valence electrons. The average Bonchev–Trinajstić information content (AvgIpc) is 2.46. The molecule has 1 heterocycles. The van der Waals surface area contributed by atoms with E-state index in [0.717, 1.165) is 12.1 Å². The fraction of sp³-hybridized carbons (Fsp3) is 0.300. The van der Waals surface area contributed by atoms with Crippen LogP contribution in [0.5, 0.6) is 5.75 Å². The average molecular weight is 193 g/mol. The van der Waals surface area contributed by atoms with Crippen LogP contribution in [0, 0.1) is 0 Å². The Morgan fingerprint density at radius 3 is 3.14 bits per heavy atom. The Morgan fingerprint density at radius 2 is 2.43 bits per heavy atom. The third kappa shape index (κ3) is 1.56. The Kier molecular flexibility index (Phi) is 2.13. The van der Waals surface area contributed by atoms with Crippen molar-refractivity contribution in [3.63, 3.8) is 0 Å². The van der Waals surface area contributed by atoms with E-state index >= 15 is 0 Å². The SMILES string of the molecule is CC1NCc2cc(OC(=O)O)ccc21. The van der Waals surface area contributed by atoms with E-state index < -0.39 is 6.16 Å². The van der Waals surface area contributed by atoms with Crippen LogP contribution >= 0.6 is 0 Å². The highest BCUT2D eigenvalue weighted by Crippen LogP contribution is 2.28. The minimum atomic E-state index is -1.27. The van der Waals surface area contributed by atoms with Gasteiger partial charge in [-0.3, -0.25) is 0 Å². The van der Waals surface area contributed by atoms with Crippen LogP contribution in [0.15, 0.2) is 18.2 Å². The second-order valence-corrected chi connectivity index (χ2v) is 3.33. The molecule has 1 aromatic rings. The summed E-state index contributed by atoms with van der Waals surface area (Å²) in [6.45, 7) is 2.84. The Labute approximate surface area is 81.5 Å². The zero-order valence-corrected chi connectivity index (χ0v) is 7.78. The van der Waals surface area contributed by atoms with Gasteiger partial charge in [-0.15, -0.1) is 0 Å². The highest BCUT2D eigenvalue weighted by atomic mass is 16.7. The molecule has 0 amide bonds. The highest BCUT2D eigenvalue weighted by molar-refractivity contribution is 5.61. The van der Waals surface area contributed by atoms with Gasteiger partial charge < -0.3 is 15.2 Å². The van der Waals surface area contributed by atoms with Crippen molar-refractivity contribution >= 4 is 6.16 Å². The molecule has 4 nitrogen and oxygen atoms in total. The minimum absolute atomic E-state index is 0.337. The molecule has 1 aliphatic heterocycles. The molecule has 4 heteroatoms. The van der Waals surface area contributed by atoms with Crippen LogP contribution in [0.4, 0.5) is 4.79 Å². The minimum Gasteiger partial charge on any atom is -0.449 e. The van der Waals surface area contributed by atoms with E-state index in [1.54, 1.807) is 12.1 Å². The first-order valence-electron chi connectivity index (χ1n) is 4.44. The van der Waals surface area contributed by atoms with Crippen LogP contribution in [0.3, 0.4) is 0 Å². The van der Waals surface area contributed by atoms with Crippen molar-refractivity contribution in [2.24, 2.45) is 0 Å². The summed E-state index contributed by atoms with van der Waals surface area (Å²) in [7, 11) is 0. The second kappa shape index (κ2) is 3.31. The van der Waals surface area contributed by atoms with E-state index in [9.17, 15) is 4.79 Å². The molecule has 0 saturated carbocycles. The zero-order valence-electron chi connectivity index (χ0n) is 7.78. The Morgan fingerprint density at radius 1 is 1.64 bits per heavy atom. The molecule has 0 spiro atoms. The third-order valence-electron chi connectivity index (χ3n) is 2.38. The molecule has 2 rings (SSSR count). The molecule has 1 unspecified atom stereocenters. The van der Waals surface area contributed by atoms with E-state index in [2.05, 4.69) is 17.0 Å². The molecular weight excluding hydrogens is 182 g/mol. The van der Waals surface area contributed by atoms with Gasteiger partial charge >= 0.3 is 6.16 Å². The van der Waals surface area contributed by atoms with Crippen molar-refractivity contribution in [3.8, 4) is 5.75 Å². The van der Waals surface area contributed by atoms with Crippen LogP contribution < -0.4 is 10.1 Å². The first-order valence-corrected chi connectivity index (χ1v) is 4.44. The fourth-order valence-electron chi connectivity index (χ4n) is 1.69.